The second-order valence-corrected chi connectivity index (χ2v) is 41.7. The van der Waals surface area contributed by atoms with Crippen molar-refractivity contribution in [1.29, 1.82) is 0 Å². The molecule has 40 heteroatoms. The summed E-state index contributed by atoms with van der Waals surface area (Å²) in [5.74, 6) is 2.04. The number of H-pyrrole nitrogens is 2. The number of likely N-dealkylation sites (N-methyl/N-ethyl adjacent to an activating group) is 10. The first-order valence-electron chi connectivity index (χ1n) is 52.6. The van der Waals surface area contributed by atoms with Crippen LogP contribution in [0.25, 0.3) is 0 Å². The molecule has 37 nitrogen and oxygen atoms in total. The van der Waals surface area contributed by atoms with Crippen molar-refractivity contribution in [2.45, 2.75) is 44.9 Å². The number of nitrogens with zero attached hydrogens (tertiary/aromatic N) is 24. The predicted octanol–water partition coefficient (Wildman–Crippen LogP) is 7.20. The lowest BCUT2D eigenvalue weighted by Gasteiger charge is -2.33. The Morgan fingerprint density at radius 3 is 1.06 bits per heavy atom. The molecule has 0 spiro atoms. The van der Waals surface area contributed by atoms with Gasteiger partial charge in [-0.25, -0.2) is 14.4 Å². The van der Waals surface area contributed by atoms with Gasteiger partial charge in [0.15, 0.2) is 5.76 Å². The molecule has 0 radical (unpaired) electrons. The number of carbonyl (C=O) groups is 10. The number of carbonyl (C=O) groups excluding carboxylic acids is 10. The van der Waals surface area contributed by atoms with E-state index >= 15 is 0 Å². The van der Waals surface area contributed by atoms with E-state index in [-0.39, 0.29) is 59.0 Å². The van der Waals surface area contributed by atoms with E-state index in [4.69, 9.17) is 4.42 Å². The molecule has 9 aromatic rings. The van der Waals surface area contributed by atoms with Crippen molar-refractivity contribution in [3.05, 3.63) is 249 Å². The molecule has 10 aliphatic heterocycles. The Kier molecular flexibility index (Phi) is 50.0. The van der Waals surface area contributed by atoms with Gasteiger partial charge < -0.3 is 107 Å². The van der Waals surface area contributed by atoms with Crippen LogP contribution in [0.4, 0.5) is 4.39 Å². The van der Waals surface area contributed by atoms with Gasteiger partial charge in [-0.1, -0.05) is 67.4 Å². The molecule has 814 valence electrons. The molecule has 1 aliphatic carbocycles. The molecule has 0 bridgehead atoms. The lowest BCUT2D eigenvalue weighted by atomic mass is 10.1. The number of aromatic amines is 2. The van der Waals surface area contributed by atoms with Crippen molar-refractivity contribution in [2.75, 3.05) is 332 Å². The van der Waals surface area contributed by atoms with E-state index in [9.17, 15) is 52.3 Å². The zero-order chi connectivity index (χ0) is 107. The molecule has 20 rings (SSSR count). The normalized spacial score (nSPS) is 18.6. The van der Waals surface area contributed by atoms with Crippen molar-refractivity contribution < 1.29 is 56.8 Å². The molecule has 2 N–H and O–H groups in total. The van der Waals surface area contributed by atoms with Crippen LogP contribution in [0.3, 0.4) is 0 Å². The lowest BCUT2D eigenvalue weighted by Crippen LogP contribution is -2.48. The van der Waals surface area contributed by atoms with Crippen molar-refractivity contribution >= 4 is 86.3 Å². The first-order valence-corrected chi connectivity index (χ1v) is 54.2. The minimum Gasteiger partial charge on any atom is -0.459 e. The molecule has 6 aromatic heterocycles. The van der Waals surface area contributed by atoms with E-state index in [1.165, 1.54) is 61.0 Å². The van der Waals surface area contributed by atoms with Crippen LogP contribution < -0.4 is 0 Å². The zero-order valence-electron chi connectivity index (χ0n) is 89.6. The maximum absolute atomic E-state index is 12.7. The third-order valence-electron chi connectivity index (χ3n) is 28.3. The quantitative estimate of drug-likeness (QED) is 0.115. The van der Waals surface area contributed by atoms with Gasteiger partial charge in [0, 0.05) is 321 Å². The first kappa shape index (κ1) is 118. The van der Waals surface area contributed by atoms with Gasteiger partial charge in [-0.15, -0.1) is 11.3 Å². The minimum absolute atomic E-state index is 0.00287. The number of furan rings is 1. The molecule has 11 aliphatic rings. The molecule has 3 aromatic carbocycles. The van der Waals surface area contributed by atoms with Crippen LogP contribution in [0.15, 0.2) is 198 Å². The molecular formula is C110H158BrFN26O11S. The number of amides is 10. The van der Waals surface area contributed by atoms with Gasteiger partial charge in [-0.3, -0.25) is 58.0 Å². The van der Waals surface area contributed by atoms with E-state index in [0.717, 1.165) is 312 Å². The van der Waals surface area contributed by atoms with Crippen molar-refractivity contribution in [2.24, 2.45) is 5.92 Å². The Bertz CT molecular complexity index is 5210. The largest absolute Gasteiger partial charge is 0.459 e. The summed E-state index contributed by atoms with van der Waals surface area (Å²) in [7, 11) is 20.8. The molecule has 0 unspecified atom stereocenters. The van der Waals surface area contributed by atoms with Gasteiger partial charge in [0.25, 0.3) is 35.4 Å². The molecular weight excluding hydrogens is 1990 g/mol. The number of aromatic nitrogens is 6. The monoisotopic (exact) mass is 2150 g/mol. The van der Waals surface area contributed by atoms with Crippen LogP contribution in [0.2, 0.25) is 0 Å². The van der Waals surface area contributed by atoms with Gasteiger partial charge in [0.05, 0.1) is 41.1 Å². The van der Waals surface area contributed by atoms with E-state index in [2.05, 4.69) is 163 Å². The summed E-state index contributed by atoms with van der Waals surface area (Å²) >= 11 is 4.81. The maximum atomic E-state index is 12.7. The van der Waals surface area contributed by atoms with Gasteiger partial charge in [0.2, 0.25) is 23.6 Å². The Labute approximate surface area is 897 Å². The number of hydrogen-bond acceptors (Lipinski definition) is 26. The maximum Gasteiger partial charge on any atom is 0.289 e. The highest BCUT2D eigenvalue weighted by molar-refractivity contribution is 9.10. The second kappa shape index (κ2) is 63.4. The fourth-order valence-corrected chi connectivity index (χ4v) is 19.0. The number of pyridine rings is 1. The van der Waals surface area contributed by atoms with Crippen molar-refractivity contribution in [3.8, 4) is 0 Å². The Morgan fingerprint density at radius 1 is 0.340 bits per heavy atom. The van der Waals surface area contributed by atoms with Crippen LogP contribution in [-0.4, -0.2) is 519 Å². The number of halogens is 2. The third-order valence-corrected chi connectivity index (χ3v) is 29.8. The van der Waals surface area contributed by atoms with Gasteiger partial charge >= 0.3 is 0 Å². The van der Waals surface area contributed by atoms with E-state index < -0.39 is 0 Å². The predicted molar refractivity (Wildman–Crippen MR) is 585 cm³/mol. The number of piperazine rings is 10. The minimum atomic E-state index is -0.310. The molecule has 10 saturated heterocycles. The summed E-state index contributed by atoms with van der Waals surface area (Å²) in [4.78, 5) is 177. The Morgan fingerprint density at radius 2 is 0.693 bits per heavy atom. The van der Waals surface area contributed by atoms with Gasteiger partial charge in [-0.05, 0) is 195 Å². The topological polar surface area (TPSA) is 332 Å². The standard InChI is InChI=1S/C13H18N2O.C12H15FN2O.C12H16N2O.C11H16N4O.C11H15N3O.C11H17N3O.C11H20N2O.C10H14N2O2.C10H14N2OS.C9H13BrN4O/c1-14-7-9-15(10-8-14)13(16)11-12-5-3-2-4-6-12;1-14-6-8-15(9-7-14)12(16)10-2-4-11(13)5-3-10;1-13-7-9-14(10-8-13)12(15)11-5-3-2-4-6-11;1-14-2-4-15(5-3-14)11(16)6-10-7-12-9-13-8-10;1-13-6-8-14(9-7-13)11(15)10-2-4-12-5-3-10;1-13-5-7-14(8-6-13)11(15)9-10-3-2-4-12-10;1-12-6-8-13(9-7-12)11(14)10-4-2-3-5-10;2*1-11-4-6-12(7-5-11)10(13)9-3-2-8-14-9;1-13-2-4-14(5-3-13)9(15)8-7(10)6-11-12-8/h2-6H,7-11H2,1H3;2-5H,6-9H2,1H3;2-6H,7-10H2,1H3;7-9H,2-6H2,1H3;2-5H,6-9H2,1H3;2-4,12H,5-9H2,1H3;10H,2-9H2,1H3;2*2-3,8H,4-7H2,1H3;6H,2-5H2,1H3,(H,11,12). The summed E-state index contributed by atoms with van der Waals surface area (Å²) in [5, 5.41) is 8.48. The SMILES string of the molecule is CN1CCN(C(=O)C2CCCC2)CC1.CN1CCN(C(=O)Cc2ccc[nH]2)CC1.CN1CCN(C(=O)Cc2ccccc2)CC1.CN1CCN(C(=O)Cc2cncnc2)CC1.CN1CCN(C(=O)c2[nH]ncc2Br)CC1.CN1CCN(C(=O)c2ccc(F)cc2)CC1.CN1CCN(C(=O)c2ccccc2)CC1.CN1CCN(C(=O)c2ccco2)CC1.CN1CCN(C(=O)c2cccs2)CC1.CN1CCN(C(=O)c2ccncc2)CC1. The van der Waals surface area contributed by atoms with E-state index in [1.54, 1.807) is 55.2 Å². The van der Waals surface area contributed by atoms with Crippen LogP contribution in [0, 0.1) is 11.7 Å². The number of benzene rings is 3. The Balaban J connectivity index is 0.000000158. The summed E-state index contributed by atoms with van der Waals surface area (Å²) in [6.07, 6.45) is 19.4. The van der Waals surface area contributed by atoms with Gasteiger partial charge in [0.1, 0.15) is 17.8 Å². The van der Waals surface area contributed by atoms with E-state index in [0.29, 0.717) is 48.1 Å². The number of thiophene rings is 1. The summed E-state index contributed by atoms with van der Waals surface area (Å²) in [6, 6.07) is 39.8. The van der Waals surface area contributed by atoms with Crippen LogP contribution in [0.1, 0.15) is 104 Å². The lowest BCUT2D eigenvalue weighted by molar-refractivity contribution is -0.137. The van der Waals surface area contributed by atoms with Crippen LogP contribution in [-0.2, 0) is 38.4 Å². The molecule has 11 fully saturated rings. The molecule has 16 heterocycles. The number of nitrogens with one attached hydrogen (secondary N) is 2. The first-order chi connectivity index (χ1) is 72.5. The second-order valence-electron chi connectivity index (χ2n) is 39.8. The molecule has 10 amide bonds. The fourth-order valence-electron chi connectivity index (χ4n) is 17.9. The highest BCUT2D eigenvalue weighted by Gasteiger charge is 2.32. The Hall–Kier alpha value is -11.9. The third kappa shape index (κ3) is 40.3. The average Bonchev–Trinajstić information content (AvgIpc) is 1.79. The van der Waals surface area contributed by atoms with Crippen molar-refractivity contribution in [1.82, 2.24) is 128 Å². The zero-order valence-corrected chi connectivity index (χ0v) is 92.0. The average molecular weight is 2150 g/mol. The number of hydrogen-bond donors (Lipinski definition) is 2. The molecule has 0 atom stereocenters. The fraction of sp³-hybridized carbons (Fsp3) is 0.527. The number of rotatable bonds is 13. The highest BCUT2D eigenvalue weighted by atomic mass is 79.9. The summed E-state index contributed by atoms with van der Waals surface area (Å²) in [5.41, 5.74) is 5.61. The van der Waals surface area contributed by atoms with Gasteiger partial charge in [-0.2, -0.15) is 5.10 Å². The van der Waals surface area contributed by atoms with Crippen LogP contribution >= 0.6 is 27.3 Å². The molecule has 150 heavy (non-hydrogen) atoms. The smallest absolute Gasteiger partial charge is 0.289 e. The van der Waals surface area contributed by atoms with Crippen LogP contribution in [0.5, 0.6) is 0 Å². The molecule has 1 saturated carbocycles. The summed E-state index contributed by atoms with van der Waals surface area (Å²) < 4.78 is 18.5. The summed E-state index contributed by atoms with van der Waals surface area (Å²) in [6.45, 7) is 35.9. The van der Waals surface area contributed by atoms with E-state index in [1.807, 2.05) is 148 Å². The highest BCUT2D eigenvalue weighted by Crippen LogP contribution is 2.28. The van der Waals surface area contributed by atoms with Crippen molar-refractivity contribution in [3.63, 3.8) is 0 Å².